The fourth-order valence-electron chi connectivity index (χ4n) is 4.51. The summed E-state index contributed by atoms with van der Waals surface area (Å²) in [6.07, 6.45) is -6.21. The molecular formula is C24H28F2O6. The molecule has 8 heteroatoms. The number of halogens is 2. The summed E-state index contributed by atoms with van der Waals surface area (Å²) in [5.41, 5.74) is 1.02. The summed E-state index contributed by atoms with van der Waals surface area (Å²) >= 11 is 0. The van der Waals surface area contributed by atoms with Gasteiger partial charge in [-0.2, -0.15) is 0 Å². The van der Waals surface area contributed by atoms with Crippen molar-refractivity contribution in [1.29, 1.82) is 0 Å². The normalized spacial score (nSPS) is 32.7. The number of aliphatic hydroxyl groups excluding tert-OH is 3. The molecule has 32 heavy (non-hydrogen) atoms. The summed E-state index contributed by atoms with van der Waals surface area (Å²) < 4.78 is 45.7. The standard InChI is InChI=1S/C24H28F2O6/c1-4-30-19-8-6-15(10-18(19)26)9-16-11-17(7-5-13(16)2)24-22(29)20(27)21(28)23(32-24,12-31-24)14(3)25/h5-8,10-11,14,20-22,27-29H,4,9,12H2,1-3H3/t14?,20-,21-,22+,23+,24-/m0/s1. The van der Waals surface area contributed by atoms with Crippen LogP contribution in [-0.4, -0.2) is 58.6 Å². The second kappa shape index (κ2) is 8.35. The third-order valence-corrected chi connectivity index (χ3v) is 6.51. The van der Waals surface area contributed by atoms with Crippen LogP contribution in [0.5, 0.6) is 5.75 Å². The highest BCUT2D eigenvalue weighted by atomic mass is 19.1. The van der Waals surface area contributed by atoms with Crippen molar-refractivity contribution in [3.63, 3.8) is 0 Å². The maximum Gasteiger partial charge on any atom is 0.225 e. The van der Waals surface area contributed by atoms with Gasteiger partial charge in [0.25, 0.3) is 0 Å². The number of rotatable bonds is 6. The lowest BCUT2D eigenvalue weighted by molar-refractivity contribution is -0.333. The van der Waals surface area contributed by atoms with Crippen molar-refractivity contribution in [3.8, 4) is 5.75 Å². The average molecular weight is 450 g/mol. The fraction of sp³-hybridized carbons (Fsp3) is 0.500. The molecule has 0 saturated carbocycles. The number of ether oxygens (including phenoxy) is 3. The van der Waals surface area contributed by atoms with Crippen LogP contribution in [0.15, 0.2) is 36.4 Å². The molecule has 0 spiro atoms. The Morgan fingerprint density at radius 2 is 1.91 bits per heavy atom. The van der Waals surface area contributed by atoms with Crippen LogP contribution in [-0.2, 0) is 21.7 Å². The lowest BCUT2D eigenvalue weighted by atomic mass is 9.81. The highest BCUT2D eigenvalue weighted by Gasteiger charge is 2.69. The molecule has 2 aliphatic rings. The van der Waals surface area contributed by atoms with E-state index in [0.29, 0.717) is 24.2 Å². The van der Waals surface area contributed by atoms with E-state index in [1.54, 1.807) is 37.3 Å². The molecule has 2 fully saturated rings. The first-order chi connectivity index (χ1) is 15.1. The van der Waals surface area contributed by atoms with E-state index in [2.05, 4.69) is 0 Å². The highest BCUT2D eigenvalue weighted by Crippen LogP contribution is 2.51. The lowest BCUT2D eigenvalue weighted by Crippen LogP contribution is -2.67. The van der Waals surface area contributed by atoms with Gasteiger partial charge in [-0.05, 0) is 62.1 Å². The zero-order valence-electron chi connectivity index (χ0n) is 18.2. The highest BCUT2D eigenvalue weighted by molar-refractivity contribution is 5.40. The monoisotopic (exact) mass is 450 g/mol. The molecule has 2 aromatic rings. The van der Waals surface area contributed by atoms with Gasteiger partial charge in [-0.3, -0.25) is 0 Å². The van der Waals surface area contributed by atoms with Crippen LogP contribution in [0.3, 0.4) is 0 Å². The minimum absolute atomic E-state index is 0.183. The molecule has 0 radical (unpaired) electrons. The second-order valence-corrected chi connectivity index (χ2v) is 8.53. The van der Waals surface area contributed by atoms with E-state index < -0.39 is 41.7 Å². The first-order valence-corrected chi connectivity index (χ1v) is 10.7. The van der Waals surface area contributed by atoms with Gasteiger partial charge >= 0.3 is 0 Å². The van der Waals surface area contributed by atoms with Crippen LogP contribution in [0, 0.1) is 12.7 Å². The maximum absolute atomic E-state index is 14.5. The van der Waals surface area contributed by atoms with Gasteiger partial charge in [0.15, 0.2) is 17.2 Å². The van der Waals surface area contributed by atoms with Gasteiger partial charge in [-0.25, -0.2) is 8.78 Å². The number of hydrogen-bond donors (Lipinski definition) is 3. The quantitative estimate of drug-likeness (QED) is 0.627. The van der Waals surface area contributed by atoms with Crippen LogP contribution >= 0.6 is 0 Å². The molecule has 2 aromatic carbocycles. The molecule has 2 saturated heterocycles. The van der Waals surface area contributed by atoms with Crippen molar-refractivity contribution in [1.82, 2.24) is 0 Å². The van der Waals surface area contributed by atoms with Crippen LogP contribution in [0.2, 0.25) is 0 Å². The van der Waals surface area contributed by atoms with E-state index in [1.165, 1.54) is 13.0 Å². The minimum atomic E-state index is -1.83. The Kier molecular flexibility index (Phi) is 6.02. The van der Waals surface area contributed by atoms with Gasteiger partial charge in [-0.1, -0.05) is 18.2 Å². The Morgan fingerprint density at radius 1 is 1.16 bits per heavy atom. The Hall–Kier alpha value is -2.10. The zero-order valence-corrected chi connectivity index (χ0v) is 18.2. The van der Waals surface area contributed by atoms with Crippen molar-refractivity contribution in [3.05, 3.63) is 64.5 Å². The van der Waals surface area contributed by atoms with Gasteiger partial charge in [0.2, 0.25) is 5.79 Å². The third-order valence-electron chi connectivity index (χ3n) is 6.51. The van der Waals surface area contributed by atoms with E-state index in [4.69, 9.17) is 14.2 Å². The summed E-state index contributed by atoms with van der Waals surface area (Å²) in [5, 5.41) is 31.6. The average Bonchev–Trinajstić information content (AvgIpc) is 3.16. The van der Waals surface area contributed by atoms with E-state index >= 15 is 0 Å². The van der Waals surface area contributed by atoms with E-state index in [-0.39, 0.29) is 12.4 Å². The molecule has 1 unspecified atom stereocenters. The number of alkyl halides is 1. The summed E-state index contributed by atoms with van der Waals surface area (Å²) in [5.74, 6) is -2.10. The fourth-order valence-corrected chi connectivity index (χ4v) is 4.51. The van der Waals surface area contributed by atoms with Crippen molar-refractivity contribution < 1.29 is 38.3 Å². The number of hydrogen-bond acceptors (Lipinski definition) is 6. The van der Waals surface area contributed by atoms with Gasteiger partial charge < -0.3 is 29.5 Å². The molecule has 0 aromatic heterocycles. The van der Waals surface area contributed by atoms with Crippen molar-refractivity contribution >= 4 is 0 Å². The topological polar surface area (TPSA) is 88.4 Å². The molecule has 2 bridgehead atoms. The first-order valence-electron chi connectivity index (χ1n) is 10.7. The third kappa shape index (κ3) is 3.50. The summed E-state index contributed by atoms with van der Waals surface area (Å²) in [7, 11) is 0. The number of fused-ring (bicyclic) bond motifs is 2. The Bertz CT molecular complexity index is 998. The largest absolute Gasteiger partial charge is 0.491 e. The van der Waals surface area contributed by atoms with Crippen LogP contribution in [0.1, 0.15) is 36.1 Å². The summed E-state index contributed by atoms with van der Waals surface area (Å²) in [4.78, 5) is 0. The molecule has 0 aliphatic carbocycles. The predicted octanol–water partition coefficient (Wildman–Crippen LogP) is 2.52. The first kappa shape index (κ1) is 23.1. The second-order valence-electron chi connectivity index (χ2n) is 8.53. The SMILES string of the molecule is CCOc1ccc(Cc2cc([C@]34OC[C@](C(C)F)(O3)[C@@H](O)[C@H](O)[C@H]4O)ccc2C)cc1F. The molecule has 2 aliphatic heterocycles. The molecule has 0 amide bonds. The predicted molar refractivity (Wildman–Crippen MR) is 112 cm³/mol. The van der Waals surface area contributed by atoms with Crippen LogP contribution < -0.4 is 4.74 Å². The van der Waals surface area contributed by atoms with Crippen molar-refractivity contribution in [2.24, 2.45) is 0 Å². The van der Waals surface area contributed by atoms with Crippen LogP contribution in [0.4, 0.5) is 8.78 Å². The smallest absolute Gasteiger partial charge is 0.225 e. The zero-order chi connectivity index (χ0) is 23.3. The van der Waals surface area contributed by atoms with Crippen LogP contribution in [0.25, 0.3) is 0 Å². The number of aliphatic hydroxyl groups is 3. The number of benzene rings is 2. The maximum atomic E-state index is 14.5. The molecular weight excluding hydrogens is 422 g/mol. The Labute approximate surface area is 185 Å². The van der Waals surface area contributed by atoms with E-state index in [9.17, 15) is 24.1 Å². The Balaban J connectivity index is 1.69. The van der Waals surface area contributed by atoms with Gasteiger partial charge in [-0.15, -0.1) is 0 Å². The molecule has 174 valence electrons. The van der Waals surface area contributed by atoms with E-state index in [1.807, 2.05) is 6.92 Å². The summed E-state index contributed by atoms with van der Waals surface area (Å²) in [6, 6.07) is 9.95. The lowest BCUT2D eigenvalue weighted by Gasteiger charge is -2.47. The molecule has 6 atom stereocenters. The molecule has 4 rings (SSSR count). The van der Waals surface area contributed by atoms with Gasteiger partial charge in [0.1, 0.15) is 24.5 Å². The van der Waals surface area contributed by atoms with Crippen molar-refractivity contribution in [2.45, 2.75) is 63.1 Å². The van der Waals surface area contributed by atoms with Gasteiger partial charge in [0, 0.05) is 5.56 Å². The Morgan fingerprint density at radius 3 is 2.56 bits per heavy atom. The minimum Gasteiger partial charge on any atom is -0.491 e. The van der Waals surface area contributed by atoms with Gasteiger partial charge in [0.05, 0.1) is 13.2 Å². The molecule has 6 nitrogen and oxygen atoms in total. The van der Waals surface area contributed by atoms with E-state index in [0.717, 1.165) is 11.1 Å². The summed E-state index contributed by atoms with van der Waals surface area (Å²) in [6.45, 7) is 4.92. The van der Waals surface area contributed by atoms with Crippen molar-refractivity contribution in [2.75, 3.05) is 13.2 Å². The molecule has 2 heterocycles. The number of aryl methyl sites for hydroxylation is 1. The molecule has 3 N–H and O–H groups in total.